The SMILES string of the molecule is Cc1cnc(-c2nc(-c3cccc(NC(=O)C4CC4)c3)no2)cn1. The van der Waals surface area contributed by atoms with Gasteiger partial charge in [-0.3, -0.25) is 9.78 Å². The first kappa shape index (κ1) is 14.5. The molecule has 2 aromatic heterocycles. The minimum absolute atomic E-state index is 0.0656. The molecule has 7 nitrogen and oxygen atoms in total. The van der Waals surface area contributed by atoms with Crippen molar-refractivity contribution in [3.8, 4) is 23.0 Å². The summed E-state index contributed by atoms with van der Waals surface area (Å²) in [7, 11) is 0. The highest BCUT2D eigenvalue weighted by Gasteiger charge is 2.29. The van der Waals surface area contributed by atoms with Gasteiger partial charge in [-0.15, -0.1) is 0 Å². The topological polar surface area (TPSA) is 93.8 Å². The Hall–Kier alpha value is -3.09. The predicted molar refractivity (Wildman–Crippen MR) is 86.9 cm³/mol. The highest BCUT2D eigenvalue weighted by atomic mass is 16.5. The Bertz CT molecular complexity index is 884. The maximum atomic E-state index is 11.9. The van der Waals surface area contributed by atoms with Crippen molar-refractivity contribution in [3.05, 3.63) is 42.4 Å². The molecule has 0 radical (unpaired) electrons. The quantitative estimate of drug-likeness (QED) is 0.794. The molecule has 7 heteroatoms. The first-order valence-electron chi connectivity index (χ1n) is 7.73. The van der Waals surface area contributed by atoms with Gasteiger partial charge in [0.2, 0.25) is 11.7 Å². The summed E-state index contributed by atoms with van der Waals surface area (Å²) < 4.78 is 5.26. The number of benzene rings is 1. The number of hydrogen-bond acceptors (Lipinski definition) is 6. The molecule has 0 atom stereocenters. The molecule has 0 spiro atoms. The fraction of sp³-hybridized carbons (Fsp3) is 0.235. The molecule has 2 heterocycles. The number of carbonyl (C=O) groups excluding carboxylic acids is 1. The van der Waals surface area contributed by atoms with Gasteiger partial charge >= 0.3 is 0 Å². The lowest BCUT2D eigenvalue weighted by Crippen LogP contribution is -2.13. The molecule has 1 aromatic carbocycles. The average Bonchev–Trinajstić information content (AvgIpc) is 3.33. The van der Waals surface area contributed by atoms with Crippen LogP contribution in [0, 0.1) is 12.8 Å². The normalized spacial score (nSPS) is 13.7. The number of amides is 1. The zero-order valence-corrected chi connectivity index (χ0v) is 13.1. The summed E-state index contributed by atoms with van der Waals surface area (Å²) in [5, 5.41) is 6.90. The smallest absolute Gasteiger partial charge is 0.278 e. The lowest BCUT2D eigenvalue weighted by atomic mass is 10.2. The van der Waals surface area contributed by atoms with Crippen LogP contribution >= 0.6 is 0 Å². The van der Waals surface area contributed by atoms with Crippen LogP contribution in [0.2, 0.25) is 0 Å². The number of hydrogen-bond donors (Lipinski definition) is 1. The number of aryl methyl sites for hydroxylation is 1. The van der Waals surface area contributed by atoms with Crippen molar-refractivity contribution in [3.63, 3.8) is 0 Å². The lowest BCUT2D eigenvalue weighted by molar-refractivity contribution is -0.117. The van der Waals surface area contributed by atoms with Crippen LogP contribution in [0.4, 0.5) is 5.69 Å². The second-order valence-electron chi connectivity index (χ2n) is 5.81. The molecule has 1 fully saturated rings. The lowest BCUT2D eigenvalue weighted by Gasteiger charge is -2.04. The number of carbonyl (C=O) groups is 1. The van der Waals surface area contributed by atoms with Crippen molar-refractivity contribution >= 4 is 11.6 Å². The number of aromatic nitrogens is 4. The summed E-state index contributed by atoms with van der Waals surface area (Å²) in [6, 6.07) is 7.38. The van der Waals surface area contributed by atoms with Crippen LogP contribution in [-0.2, 0) is 4.79 Å². The Labute approximate surface area is 138 Å². The van der Waals surface area contributed by atoms with Gasteiger partial charge < -0.3 is 9.84 Å². The summed E-state index contributed by atoms with van der Waals surface area (Å²) in [6.45, 7) is 1.86. The highest BCUT2D eigenvalue weighted by molar-refractivity contribution is 5.94. The van der Waals surface area contributed by atoms with E-state index in [1.807, 2.05) is 31.2 Å². The zero-order chi connectivity index (χ0) is 16.5. The van der Waals surface area contributed by atoms with E-state index < -0.39 is 0 Å². The summed E-state index contributed by atoms with van der Waals surface area (Å²) in [5.74, 6) is 0.973. The van der Waals surface area contributed by atoms with Crippen molar-refractivity contribution in [2.75, 3.05) is 5.32 Å². The molecule has 4 rings (SSSR count). The van der Waals surface area contributed by atoms with Gasteiger partial charge in [0.15, 0.2) is 0 Å². The van der Waals surface area contributed by atoms with E-state index in [9.17, 15) is 4.79 Å². The van der Waals surface area contributed by atoms with Crippen LogP contribution in [-0.4, -0.2) is 26.0 Å². The van der Waals surface area contributed by atoms with Gasteiger partial charge in [-0.05, 0) is 31.9 Å². The van der Waals surface area contributed by atoms with E-state index >= 15 is 0 Å². The second kappa shape index (κ2) is 5.84. The molecule has 24 heavy (non-hydrogen) atoms. The van der Waals surface area contributed by atoms with Crippen molar-refractivity contribution in [1.29, 1.82) is 0 Å². The number of anilines is 1. The highest BCUT2D eigenvalue weighted by Crippen LogP contribution is 2.30. The Balaban J connectivity index is 1.57. The maximum Gasteiger partial charge on any atom is 0.278 e. The monoisotopic (exact) mass is 321 g/mol. The van der Waals surface area contributed by atoms with E-state index in [2.05, 4.69) is 25.4 Å². The van der Waals surface area contributed by atoms with Gasteiger partial charge in [0, 0.05) is 23.4 Å². The molecule has 1 saturated carbocycles. The van der Waals surface area contributed by atoms with Crippen molar-refractivity contribution in [2.24, 2.45) is 5.92 Å². The number of rotatable bonds is 4. The summed E-state index contributed by atoms with van der Waals surface area (Å²) >= 11 is 0. The van der Waals surface area contributed by atoms with Crippen molar-refractivity contribution in [2.45, 2.75) is 19.8 Å². The van der Waals surface area contributed by atoms with Crippen LogP contribution in [0.25, 0.3) is 23.0 Å². The molecule has 120 valence electrons. The molecule has 0 bridgehead atoms. The van der Waals surface area contributed by atoms with E-state index in [0.717, 1.165) is 29.8 Å². The summed E-state index contributed by atoms with van der Waals surface area (Å²) in [4.78, 5) is 24.6. The molecule has 1 amide bonds. The maximum absolute atomic E-state index is 11.9. The van der Waals surface area contributed by atoms with E-state index in [-0.39, 0.29) is 11.8 Å². The van der Waals surface area contributed by atoms with Crippen LogP contribution in [0.15, 0.2) is 41.2 Å². The average molecular weight is 321 g/mol. The minimum atomic E-state index is 0.0656. The Morgan fingerprint density at radius 1 is 1.25 bits per heavy atom. The van der Waals surface area contributed by atoms with Crippen LogP contribution in [0.1, 0.15) is 18.5 Å². The molecular weight excluding hydrogens is 306 g/mol. The van der Waals surface area contributed by atoms with E-state index in [4.69, 9.17) is 4.52 Å². The van der Waals surface area contributed by atoms with Crippen molar-refractivity contribution in [1.82, 2.24) is 20.1 Å². The minimum Gasteiger partial charge on any atom is -0.332 e. The largest absolute Gasteiger partial charge is 0.332 e. The standard InChI is InChI=1S/C17H15N5O2/c1-10-8-19-14(9-18-10)17-21-15(22-24-17)12-3-2-4-13(7-12)20-16(23)11-5-6-11/h2-4,7-9,11H,5-6H2,1H3,(H,20,23). The Morgan fingerprint density at radius 2 is 2.12 bits per heavy atom. The van der Waals surface area contributed by atoms with E-state index in [1.54, 1.807) is 12.4 Å². The van der Waals surface area contributed by atoms with Gasteiger partial charge in [-0.25, -0.2) is 4.98 Å². The second-order valence-corrected chi connectivity index (χ2v) is 5.81. The molecule has 1 aliphatic rings. The van der Waals surface area contributed by atoms with Gasteiger partial charge in [-0.1, -0.05) is 17.3 Å². The Morgan fingerprint density at radius 3 is 2.88 bits per heavy atom. The third-order valence-electron chi connectivity index (χ3n) is 3.76. The predicted octanol–water partition coefficient (Wildman–Crippen LogP) is 2.85. The van der Waals surface area contributed by atoms with Crippen LogP contribution in [0.5, 0.6) is 0 Å². The molecule has 3 aromatic rings. The van der Waals surface area contributed by atoms with Gasteiger partial charge in [-0.2, -0.15) is 4.98 Å². The third kappa shape index (κ3) is 3.01. The number of nitrogens with zero attached hydrogens (tertiary/aromatic N) is 4. The fourth-order valence-electron chi connectivity index (χ4n) is 2.27. The molecule has 0 saturated heterocycles. The molecule has 1 aliphatic carbocycles. The summed E-state index contributed by atoms with van der Waals surface area (Å²) in [5.41, 5.74) is 2.83. The molecule has 1 N–H and O–H groups in total. The summed E-state index contributed by atoms with van der Waals surface area (Å²) in [6.07, 6.45) is 5.18. The van der Waals surface area contributed by atoms with Crippen LogP contribution in [0.3, 0.4) is 0 Å². The van der Waals surface area contributed by atoms with Gasteiger partial charge in [0.05, 0.1) is 11.9 Å². The molecule has 0 aliphatic heterocycles. The van der Waals surface area contributed by atoms with Crippen molar-refractivity contribution < 1.29 is 9.32 Å². The van der Waals surface area contributed by atoms with E-state index in [1.165, 1.54) is 0 Å². The zero-order valence-electron chi connectivity index (χ0n) is 13.1. The van der Waals surface area contributed by atoms with Gasteiger partial charge in [0.25, 0.3) is 5.89 Å². The molecule has 0 unspecified atom stereocenters. The molecular formula is C17H15N5O2. The van der Waals surface area contributed by atoms with E-state index in [0.29, 0.717) is 17.4 Å². The number of nitrogens with one attached hydrogen (secondary N) is 1. The fourth-order valence-corrected chi connectivity index (χ4v) is 2.27. The van der Waals surface area contributed by atoms with Crippen LogP contribution < -0.4 is 5.32 Å². The Kier molecular flexibility index (Phi) is 3.53. The first-order valence-corrected chi connectivity index (χ1v) is 7.73. The first-order chi connectivity index (χ1) is 11.7. The van der Waals surface area contributed by atoms with Gasteiger partial charge in [0.1, 0.15) is 5.69 Å². The third-order valence-corrected chi connectivity index (χ3v) is 3.76.